The van der Waals surface area contributed by atoms with E-state index in [1.54, 1.807) is 24.3 Å². The molecule has 10 rings (SSSR count). The molecule has 8 atom stereocenters. The zero-order valence-corrected chi connectivity index (χ0v) is 30.8. The molecule has 0 saturated carbocycles. The van der Waals surface area contributed by atoms with E-state index in [-0.39, 0.29) is 78.2 Å². The summed E-state index contributed by atoms with van der Waals surface area (Å²) in [6.07, 6.45) is 3.11. The Morgan fingerprint density at radius 1 is 1.02 bits per heavy atom. The molecule has 8 bridgehead atoms. The monoisotopic (exact) mass is 705 g/mol. The predicted octanol–water partition coefficient (Wildman–Crippen LogP) is 1.54. The molecule has 10 nitrogen and oxygen atoms in total. The van der Waals surface area contributed by atoms with Gasteiger partial charge in [-0.3, -0.25) is 0 Å². The Balaban J connectivity index is 0.00000432. The molecule has 50 heavy (non-hydrogen) atoms. The Labute approximate surface area is 315 Å². The number of aliphatic hydroxyl groups excluding tert-OH is 1. The number of phenolic OH excluding ortho intramolecular Hbond substituents is 1. The van der Waals surface area contributed by atoms with Gasteiger partial charge >= 0.3 is 29.6 Å². The Morgan fingerprint density at radius 3 is 2.46 bits per heavy atom. The van der Waals surface area contributed by atoms with Gasteiger partial charge in [-0.15, -0.1) is 0 Å². The molecule has 0 spiro atoms. The minimum absolute atomic E-state index is 0. The smallest absolute Gasteiger partial charge is 0.748 e. The average molecular weight is 706 g/mol. The van der Waals surface area contributed by atoms with Crippen LogP contribution in [0.25, 0.3) is 0 Å². The van der Waals surface area contributed by atoms with E-state index in [9.17, 15) is 23.2 Å². The van der Waals surface area contributed by atoms with Crippen LogP contribution in [0, 0.1) is 29.6 Å². The summed E-state index contributed by atoms with van der Waals surface area (Å²) < 4.78 is 53.0. The molecule has 1 saturated heterocycles. The molecule has 1 aliphatic carbocycles. The normalized spacial score (nSPS) is 28.6. The molecule has 6 N–H and O–H groups in total. The molecule has 3 aromatic carbocycles. The first-order valence-corrected chi connectivity index (χ1v) is 18.2. The Hall–Kier alpha value is -3.34. The van der Waals surface area contributed by atoms with Crippen molar-refractivity contribution < 1.29 is 62.2 Å². The number of aliphatic imine (C=N–C) groups is 1. The zero-order valence-electron chi connectivity index (χ0n) is 27.9. The van der Waals surface area contributed by atoms with Crippen LogP contribution in [0.5, 0.6) is 11.5 Å². The standard InChI is InChI=1S/C38H41N3O7S.Na/c39-38(40)41-37-25-9-7-24(8-10-25)35-27-17-28(20-33(35)34(49(44,45)46)15-6-22-4-12-30(48-37)13-5-22)36-32-14-11-29(43)18-26(32)3-1-2-23(21-42)16-31(19-27)47-36;/h4-5,7-14,18,20,23,27,31,33-37,42-43H,2,6,15-17,19,21H2,(H4,39,40,41)(H,44,45,46);/q;+1/p-1. The SMILES string of the molecule is NC(N)=NC1Oc2ccc(cc2)CCC(S(=O)(=O)[O-])C2C=C3CC(CC4CC(CO)CC#Cc5cc(O)ccc5C3O4)C2c2ccc1cc2.[Na+]. The number of phenols is 1. The van der Waals surface area contributed by atoms with Crippen LogP contribution < -0.4 is 45.8 Å². The zero-order chi connectivity index (χ0) is 34.3. The first-order valence-electron chi connectivity index (χ1n) is 16.7. The Morgan fingerprint density at radius 2 is 1.76 bits per heavy atom. The third-order valence-electron chi connectivity index (χ3n) is 10.4. The van der Waals surface area contributed by atoms with E-state index in [4.69, 9.17) is 20.9 Å². The maximum absolute atomic E-state index is 13.3. The number of aliphatic hydroxyl groups is 1. The van der Waals surface area contributed by atoms with Crippen LogP contribution in [-0.2, 0) is 21.3 Å². The van der Waals surface area contributed by atoms with E-state index in [0.29, 0.717) is 49.0 Å². The minimum atomic E-state index is -4.77. The van der Waals surface area contributed by atoms with Crippen molar-refractivity contribution in [1.29, 1.82) is 0 Å². The van der Waals surface area contributed by atoms with Crippen LogP contribution in [0.2, 0.25) is 0 Å². The molecule has 12 heteroatoms. The van der Waals surface area contributed by atoms with E-state index in [2.05, 4.69) is 16.8 Å². The van der Waals surface area contributed by atoms with E-state index < -0.39 is 33.6 Å². The number of fused-ring (bicyclic) bond motifs is 7. The van der Waals surface area contributed by atoms with Crippen molar-refractivity contribution in [3.63, 3.8) is 0 Å². The van der Waals surface area contributed by atoms with Gasteiger partial charge in [0.15, 0.2) is 5.96 Å². The maximum Gasteiger partial charge on any atom is 1.00 e. The number of benzene rings is 3. The van der Waals surface area contributed by atoms with Crippen molar-refractivity contribution in [2.24, 2.45) is 34.2 Å². The summed E-state index contributed by atoms with van der Waals surface area (Å²) in [7, 11) is -4.77. The van der Waals surface area contributed by atoms with Crippen molar-refractivity contribution in [2.75, 3.05) is 6.61 Å². The number of guanidine groups is 1. The molecule has 1 fully saturated rings. The Kier molecular flexibility index (Phi) is 11.0. The summed E-state index contributed by atoms with van der Waals surface area (Å²) in [4.78, 5) is 4.33. The fourth-order valence-corrected chi connectivity index (χ4v) is 9.21. The van der Waals surface area contributed by atoms with Gasteiger partial charge in [0.25, 0.3) is 0 Å². The second kappa shape index (κ2) is 15.1. The van der Waals surface area contributed by atoms with E-state index in [1.807, 2.05) is 48.5 Å². The number of aromatic hydroxyl groups is 1. The van der Waals surface area contributed by atoms with Gasteiger partial charge in [0, 0.05) is 29.7 Å². The van der Waals surface area contributed by atoms with Gasteiger partial charge in [0.05, 0.1) is 21.5 Å². The van der Waals surface area contributed by atoms with Gasteiger partial charge in [-0.1, -0.05) is 60.4 Å². The van der Waals surface area contributed by atoms with Gasteiger partial charge in [-0.2, -0.15) is 0 Å². The van der Waals surface area contributed by atoms with Crippen molar-refractivity contribution in [3.8, 4) is 23.3 Å². The molecule has 3 aromatic rings. The van der Waals surface area contributed by atoms with Gasteiger partial charge < -0.3 is 35.7 Å². The maximum atomic E-state index is 13.3. The third-order valence-corrected chi connectivity index (χ3v) is 11.7. The van der Waals surface area contributed by atoms with Crippen molar-refractivity contribution in [3.05, 3.63) is 106 Å². The van der Waals surface area contributed by atoms with Gasteiger partial charge in [0.2, 0.25) is 6.23 Å². The Bertz CT molecular complexity index is 1940. The molecule has 0 radical (unpaired) electrons. The summed E-state index contributed by atoms with van der Waals surface area (Å²) >= 11 is 0. The summed E-state index contributed by atoms with van der Waals surface area (Å²) in [5.41, 5.74) is 16.3. The summed E-state index contributed by atoms with van der Waals surface area (Å²) in [6, 6.07) is 20.0. The van der Waals surface area contributed by atoms with Crippen LogP contribution in [0.15, 0.2) is 83.4 Å². The molecule has 6 aliphatic heterocycles. The quantitative estimate of drug-likeness (QED) is 0.0785. The number of nitrogens with zero attached hydrogens (tertiary/aromatic N) is 1. The van der Waals surface area contributed by atoms with Crippen LogP contribution >= 0.6 is 0 Å². The molecular weight excluding hydrogens is 665 g/mol. The van der Waals surface area contributed by atoms with Crippen LogP contribution in [0.4, 0.5) is 0 Å². The molecule has 0 amide bonds. The van der Waals surface area contributed by atoms with E-state index in [0.717, 1.165) is 22.3 Å². The number of hydrogen-bond donors (Lipinski definition) is 4. The molecule has 7 aliphatic rings. The predicted molar refractivity (Wildman–Crippen MR) is 183 cm³/mol. The molecule has 0 aromatic heterocycles. The van der Waals surface area contributed by atoms with Gasteiger partial charge in [-0.05, 0) is 96.7 Å². The first-order chi connectivity index (χ1) is 23.6. The molecular formula is C38H40N3NaO7S. The number of rotatable bonds is 3. The summed E-state index contributed by atoms with van der Waals surface area (Å²) in [5.74, 6) is 5.72. The fraction of sp³-hybridized carbons (Fsp3) is 0.395. The van der Waals surface area contributed by atoms with Crippen molar-refractivity contribution in [1.82, 2.24) is 0 Å². The largest absolute Gasteiger partial charge is 1.00 e. The second-order valence-corrected chi connectivity index (χ2v) is 15.2. The van der Waals surface area contributed by atoms with E-state index in [1.165, 1.54) is 0 Å². The minimum Gasteiger partial charge on any atom is -0.748 e. The number of ether oxygens (including phenoxy) is 2. The van der Waals surface area contributed by atoms with E-state index >= 15 is 0 Å². The average Bonchev–Trinajstić information content (AvgIpc) is 3.20. The topological polar surface area (TPSA) is 181 Å². The van der Waals surface area contributed by atoms with Gasteiger partial charge in [-0.25, -0.2) is 13.4 Å². The van der Waals surface area contributed by atoms with Crippen molar-refractivity contribution >= 4 is 16.1 Å². The fourth-order valence-electron chi connectivity index (χ4n) is 8.17. The number of allylic oxidation sites excluding steroid dienone is 1. The molecule has 6 heterocycles. The van der Waals surface area contributed by atoms with Crippen LogP contribution in [-0.4, -0.2) is 47.1 Å². The summed E-state index contributed by atoms with van der Waals surface area (Å²) in [6.45, 7) is -0.0522. The van der Waals surface area contributed by atoms with Crippen LogP contribution in [0.1, 0.15) is 78.2 Å². The molecule has 256 valence electrons. The molecule has 8 unspecified atom stereocenters. The van der Waals surface area contributed by atoms with Crippen LogP contribution in [0.3, 0.4) is 0 Å². The second-order valence-electron chi connectivity index (χ2n) is 13.6. The van der Waals surface area contributed by atoms with Gasteiger partial charge in [0.1, 0.15) is 17.6 Å². The van der Waals surface area contributed by atoms with Crippen molar-refractivity contribution in [2.45, 2.75) is 68.1 Å². The number of nitrogens with two attached hydrogens (primary N) is 2. The summed E-state index contributed by atoms with van der Waals surface area (Å²) in [5, 5.41) is 19.4. The number of hydrogen-bond acceptors (Lipinski definition) is 8. The third kappa shape index (κ3) is 7.77. The number of aryl methyl sites for hydroxylation is 1. The first kappa shape index (κ1) is 36.5.